The van der Waals surface area contributed by atoms with Crippen LogP contribution >= 0.6 is 11.6 Å². The second-order valence-corrected chi connectivity index (χ2v) is 5.29. The zero-order valence-electron chi connectivity index (χ0n) is 11.5. The fourth-order valence-corrected chi connectivity index (χ4v) is 2.64. The molecule has 0 unspecified atom stereocenters. The first-order valence-electron chi connectivity index (χ1n) is 6.70. The summed E-state index contributed by atoms with van der Waals surface area (Å²) >= 11 is 6.16. The van der Waals surface area contributed by atoms with Crippen molar-refractivity contribution in [1.82, 2.24) is 10.3 Å². The van der Waals surface area contributed by atoms with Crippen LogP contribution in [-0.2, 0) is 9.53 Å². The average molecular weight is 307 g/mol. The normalized spacial score (nSPS) is 21.4. The molecule has 1 aromatic carbocycles. The molecule has 0 spiro atoms. The van der Waals surface area contributed by atoms with Gasteiger partial charge in [0.15, 0.2) is 10.9 Å². The van der Waals surface area contributed by atoms with E-state index in [0.29, 0.717) is 23.9 Å². The summed E-state index contributed by atoms with van der Waals surface area (Å²) in [4.78, 5) is 15.8. The van der Waals surface area contributed by atoms with E-state index in [2.05, 4.69) is 10.3 Å². The fourth-order valence-electron chi connectivity index (χ4n) is 2.45. The molecular weight excluding hydrogens is 292 g/mol. The van der Waals surface area contributed by atoms with E-state index in [1.165, 1.54) is 7.11 Å². The lowest BCUT2D eigenvalue weighted by atomic mass is 10.2. The van der Waals surface area contributed by atoms with E-state index in [0.717, 1.165) is 10.9 Å². The summed E-state index contributed by atoms with van der Waals surface area (Å²) in [5, 5.41) is 4.37. The Morgan fingerprint density at radius 3 is 3.05 bits per heavy atom. The smallest absolute Gasteiger partial charge is 0.323 e. The number of para-hydroxylation sites is 1. The first-order chi connectivity index (χ1) is 10.2. The number of hydrogen-bond acceptors (Lipinski definition) is 5. The molecule has 0 radical (unpaired) electrons. The second-order valence-electron chi connectivity index (χ2n) is 4.93. The lowest BCUT2D eigenvalue weighted by Gasteiger charge is -2.14. The minimum absolute atomic E-state index is 0.130. The summed E-state index contributed by atoms with van der Waals surface area (Å²) in [6.45, 7) is 0.572. The molecule has 1 fully saturated rings. The van der Waals surface area contributed by atoms with Crippen LogP contribution in [0.25, 0.3) is 10.9 Å². The first-order valence-corrected chi connectivity index (χ1v) is 7.08. The number of pyridine rings is 1. The third kappa shape index (κ3) is 2.94. The van der Waals surface area contributed by atoms with Crippen LogP contribution in [0.3, 0.4) is 0 Å². The lowest BCUT2D eigenvalue weighted by molar-refractivity contribution is -0.142. The van der Waals surface area contributed by atoms with Gasteiger partial charge >= 0.3 is 5.97 Å². The molecule has 0 bridgehead atoms. The van der Waals surface area contributed by atoms with Gasteiger partial charge in [-0.1, -0.05) is 29.8 Å². The maximum atomic E-state index is 11.5. The highest BCUT2D eigenvalue weighted by molar-refractivity contribution is 6.31. The Morgan fingerprint density at radius 2 is 2.24 bits per heavy atom. The molecule has 0 saturated carbocycles. The fraction of sp³-hybridized carbons (Fsp3) is 0.333. The molecule has 6 heteroatoms. The highest BCUT2D eigenvalue weighted by Crippen LogP contribution is 2.29. The number of carbonyl (C=O) groups excluding carboxylic acids is 1. The number of aromatic nitrogens is 1. The molecule has 2 heterocycles. The molecular formula is C15H15ClN2O3. The molecule has 3 rings (SSSR count). The lowest BCUT2D eigenvalue weighted by Crippen LogP contribution is -2.31. The number of methoxy groups -OCH3 is 1. The van der Waals surface area contributed by atoms with Gasteiger partial charge in [0.05, 0.1) is 12.6 Å². The van der Waals surface area contributed by atoms with Gasteiger partial charge in [-0.2, -0.15) is 0 Å². The number of halogens is 1. The maximum Gasteiger partial charge on any atom is 0.323 e. The summed E-state index contributed by atoms with van der Waals surface area (Å²) < 4.78 is 10.6. The third-order valence-electron chi connectivity index (χ3n) is 3.52. The van der Waals surface area contributed by atoms with Gasteiger partial charge in [0, 0.05) is 18.4 Å². The third-order valence-corrected chi connectivity index (χ3v) is 3.79. The van der Waals surface area contributed by atoms with E-state index in [9.17, 15) is 4.79 Å². The van der Waals surface area contributed by atoms with Crippen LogP contribution < -0.4 is 10.1 Å². The first kappa shape index (κ1) is 14.1. The van der Waals surface area contributed by atoms with Crippen molar-refractivity contribution in [3.05, 3.63) is 35.5 Å². The quantitative estimate of drug-likeness (QED) is 0.695. The van der Waals surface area contributed by atoms with Gasteiger partial charge in [-0.15, -0.1) is 0 Å². The standard InChI is InChI=1S/C15H15ClN2O3/c1-20-15(19)12-7-10(8-17-12)21-13-6-9-4-2-3-5-11(9)18-14(13)16/h2-6,10,12,17H,7-8H2,1H3/t10-,12+/m1/s1. The number of nitrogens with zero attached hydrogens (tertiary/aromatic N) is 1. The van der Waals surface area contributed by atoms with E-state index in [-0.39, 0.29) is 18.1 Å². The van der Waals surface area contributed by atoms with Gasteiger partial charge in [-0.3, -0.25) is 4.79 Å². The van der Waals surface area contributed by atoms with E-state index in [1.807, 2.05) is 30.3 Å². The number of hydrogen-bond donors (Lipinski definition) is 1. The number of rotatable bonds is 3. The molecule has 0 aliphatic carbocycles. The molecule has 1 aliphatic heterocycles. The van der Waals surface area contributed by atoms with Crippen molar-refractivity contribution < 1.29 is 14.3 Å². The maximum absolute atomic E-state index is 11.5. The summed E-state index contributed by atoms with van der Waals surface area (Å²) in [6, 6.07) is 9.24. The Kier molecular flexibility index (Phi) is 3.94. The Balaban J connectivity index is 1.76. The molecule has 21 heavy (non-hydrogen) atoms. The number of carbonyl (C=O) groups is 1. The van der Waals surface area contributed by atoms with E-state index < -0.39 is 0 Å². The zero-order chi connectivity index (χ0) is 14.8. The van der Waals surface area contributed by atoms with Gasteiger partial charge in [0.25, 0.3) is 0 Å². The Labute approximate surface area is 127 Å². The highest BCUT2D eigenvalue weighted by Gasteiger charge is 2.31. The highest BCUT2D eigenvalue weighted by atomic mass is 35.5. The number of fused-ring (bicyclic) bond motifs is 1. The molecule has 1 aliphatic rings. The van der Waals surface area contributed by atoms with Crippen LogP contribution in [0, 0.1) is 0 Å². The molecule has 1 N–H and O–H groups in total. The summed E-state index contributed by atoms with van der Waals surface area (Å²) in [5.41, 5.74) is 0.826. The van der Waals surface area contributed by atoms with Crippen LogP contribution in [-0.4, -0.2) is 36.8 Å². The summed E-state index contributed by atoms with van der Waals surface area (Å²) in [7, 11) is 1.38. The van der Waals surface area contributed by atoms with Gasteiger partial charge in [-0.25, -0.2) is 4.98 Å². The van der Waals surface area contributed by atoms with E-state index >= 15 is 0 Å². The molecule has 5 nitrogen and oxygen atoms in total. The van der Waals surface area contributed by atoms with Crippen LogP contribution in [0.2, 0.25) is 5.15 Å². The minimum atomic E-state index is -0.327. The number of ether oxygens (including phenoxy) is 2. The predicted molar refractivity (Wildman–Crippen MR) is 79.6 cm³/mol. The van der Waals surface area contributed by atoms with Crippen LogP contribution in [0.4, 0.5) is 0 Å². The molecule has 2 aromatic rings. The molecule has 110 valence electrons. The van der Waals surface area contributed by atoms with Gasteiger partial charge < -0.3 is 14.8 Å². The Morgan fingerprint density at radius 1 is 1.43 bits per heavy atom. The predicted octanol–water partition coefficient (Wildman–Crippen LogP) is 2.17. The van der Waals surface area contributed by atoms with Crippen LogP contribution in [0.1, 0.15) is 6.42 Å². The number of esters is 1. The van der Waals surface area contributed by atoms with Crippen LogP contribution in [0.5, 0.6) is 5.75 Å². The van der Waals surface area contributed by atoms with E-state index in [4.69, 9.17) is 21.1 Å². The van der Waals surface area contributed by atoms with Crippen molar-refractivity contribution in [2.75, 3.05) is 13.7 Å². The van der Waals surface area contributed by atoms with Crippen LogP contribution in [0.15, 0.2) is 30.3 Å². The molecule has 1 saturated heterocycles. The summed E-state index contributed by atoms with van der Waals surface area (Å²) in [5.74, 6) is 0.261. The average Bonchev–Trinajstić information content (AvgIpc) is 2.96. The molecule has 1 aromatic heterocycles. The Bertz CT molecular complexity index is 677. The van der Waals surface area contributed by atoms with Crippen molar-refractivity contribution in [1.29, 1.82) is 0 Å². The second kappa shape index (κ2) is 5.87. The Hall–Kier alpha value is -1.85. The summed E-state index contributed by atoms with van der Waals surface area (Å²) in [6.07, 6.45) is 0.421. The van der Waals surface area contributed by atoms with Crippen molar-refractivity contribution in [3.8, 4) is 5.75 Å². The van der Waals surface area contributed by atoms with Crippen molar-refractivity contribution in [2.45, 2.75) is 18.6 Å². The largest absolute Gasteiger partial charge is 0.486 e. The van der Waals surface area contributed by atoms with Gasteiger partial charge in [0.1, 0.15) is 12.1 Å². The zero-order valence-corrected chi connectivity index (χ0v) is 12.3. The van der Waals surface area contributed by atoms with Gasteiger partial charge in [-0.05, 0) is 12.1 Å². The number of benzene rings is 1. The van der Waals surface area contributed by atoms with Gasteiger partial charge in [0.2, 0.25) is 0 Å². The minimum Gasteiger partial charge on any atom is -0.486 e. The van der Waals surface area contributed by atoms with E-state index in [1.54, 1.807) is 0 Å². The van der Waals surface area contributed by atoms with Crippen molar-refractivity contribution in [2.24, 2.45) is 0 Å². The topological polar surface area (TPSA) is 60.5 Å². The SMILES string of the molecule is COC(=O)[C@@H]1C[C@@H](Oc2cc3ccccc3nc2Cl)CN1. The van der Waals surface area contributed by atoms with Crippen molar-refractivity contribution in [3.63, 3.8) is 0 Å². The van der Waals surface area contributed by atoms with Crippen molar-refractivity contribution >= 4 is 28.5 Å². The molecule has 0 amide bonds. The number of nitrogens with one attached hydrogen (secondary N) is 1. The monoisotopic (exact) mass is 306 g/mol. The molecule has 2 atom stereocenters.